The van der Waals surface area contributed by atoms with Crippen LogP contribution in [0.4, 0.5) is 11.4 Å². The number of likely N-dealkylation sites (N-methyl/N-ethyl adjacent to an activating group) is 1. The molecule has 144 valence electrons. The summed E-state index contributed by atoms with van der Waals surface area (Å²) in [5, 5.41) is 3.93. The molecule has 0 aliphatic carbocycles. The number of pyridine rings is 1. The number of rotatable bonds is 3. The van der Waals surface area contributed by atoms with E-state index in [-0.39, 0.29) is 5.91 Å². The molecule has 0 spiro atoms. The Bertz CT molecular complexity index is 1020. The monoisotopic (exact) mass is 374 g/mol. The van der Waals surface area contributed by atoms with Gasteiger partial charge in [0, 0.05) is 48.6 Å². The average Bonchev–Trinajstić information content (AvgIpc) is 2.68. The number of aryl methyl sites for hydroxylation is 2. The number of piperazine rings is 1. The predicted octanol–water partition coefficient (Wildman–Crippen LogP) is 3.86. The molecule has 1 aromatic heterocycles. The Balaban J connectivity index is 1.56. The van der Waals surface area contributed by atoms with Crippen molar-refractivity contribution in [2.75, 3.05) is 43.4 Å². The van der Waals surface area contributed by atoms with Crippen LogP contribution >= 0.6 is 0 Å². The number of carbonyl (C=O) groups is 1. The van der Waals surface area contributed by atoms with Crippen molar-refractivity contribution >= 4 is 28.2 Å². The molecule has 0 atom stereocenters. The molecule has 0 unspecified atom stereocenters. The number of carbonyl (C=O) groups excluding carboxylic acids is 1. The number of aromatic nitrogens is 1. The second-order valence-corrected chi connectivity index (χ2v) is 7.57. The van der Waals surface area contributed by atoms with Crippen molar-refractivity contribution in [2.45, 2.75) is 13.8 Å². The maximum absolute atomic E-state index is 13.0. The highest BCUT2D eigenvalue weighted by Crippen LogP contribution is 2.26. The van der Waals surface area contributed by atoms with Crippen LogP contribution in [0.1, 0.15) is 21.6 Å². The summed E-state index contributed by atoms with van der Waals surface area (Å²) in [5.41, 5.74) is 5.58. The molecule has 2 heterocycles. The van der Waals surface area contributed by atoms with Crippen molar-refractivity contribution in [1.29, 1.82) is 0 Å². The number of anilines is 2. The minimum Gasteiger partial charge on any atom is -0.369 e. The molecule has 1 N–H and O–H groups in total. The molecule has 0 saturated carbocycles. The van der Waals surface area contributed by atoms with Crippen molar-refractivity contribution in [3.05, 3.63) is 65.4 Å². The van der Waals surface area contributed by atoms with E-state index >= 15 is 0 Å². The smallest absolute Gasteiger partial charge is 0.256 e. The van der Waals surface area contributed by atoms with Gasteiger partial charge in [-0.3, -0.25) is 9.78 Å². The van der Waals surface area contributed by atoms with E-state index in [0.29, 0.717) is 5.56 Å². The maximum atomic E-state index is 13.0. The van der Waals surface area contributed by atoms with Gasteiger partial charge >= 0.3 is 0 Å². The minimum atomic E-state index is -0.103. The highest BCUT2D eigenvalue weighted by Gasteiger charge is 2.17. The van der Waals surface area contributed by atoms with Crippen LogP contribution in [-0.2, 0) is 0 Å². The van der Waals surface area contributed by atoms with E-state index in [2.05, 4.69) is 46.2 Å². The summed E-state index contributed by atoms with van der Waals surface area (Å²) in [6.07, 6.45) is 0. The van der Waals surface area contributed by atoms with E-state index in [1.807, 2.05) is 43.3 Å². The van der Waals surface area contributed by atoms with Gasteiger partial charge in [-0.05, 0) is 56.8 Å². The first kappa shape index (κ1) is 18.4. The van der Waals surface area contributed by atoms with Gasteiger partial charge in [-0.1, -0.05) is 18.2 Å². The van der Waals surface area contributed by atoms with Gasteiger partial charge in [0.15, 0.2) is 0 Å². The summed E-state index contributed by atoms with van der Waals surface area (Å²) in [6.45, 7) is 8.24. The highest BCUT2D eigenvalue weighted by atomic mass is 16.1. The van der Waals surface area contributed by atoms with E-state index in [1.165, 1.54) is 11.3 Å². The summed E-state index contributed by atoms with van der Waals surface area (Å²) in [5.74, 6) is -0.103. The quantitative estimate of drug-likeness (QED) is 0.756. The van der Waals surface area contributed by atoms with Crippen LogP contribution < -0.4 is 10.2 Å². The number of para-hydroxylation sites is 1. The molecule has 0 bridgehead atoms. The van der Waals surface area contributed by atoms with Crippen molar-refractivity contribution in [2.24, 2.45) is 0 Å². The van der Waals surface area contributed by atoms with E-state index < -0.39 is 0 Å². The van der Waals surface area contributed by atoms with Crippen LogP contribution in [0.5, 0.6) is 0 Å². The third kappa shape index (κ3) is 3.71. The van der Waals surface area contributed by atoms with E-state index in [4.69, 9.17) is 0 Å². The Kier molecular flexibility index (Phi) is 5.01. The fraction of sp³-hybridized carbons (Fsp3) is 0.304. The third-order valence-electron chi connectivity index (χ3n) is 5.39. The first-order valence-electron chi connectivity index (χ1n) is 9.73. The van der Waals surface area contributed by atoms with Gasteiger partial charge in [0.2, 0.25) is 0 Å². The van der Waals surface area contributed by atoms with Crippen LogP contribution in [0.15, 0.2) is 48.5 Å². The van der Waals surface area contributed by atoms with Crippen LogP contribution in [-0.4, -0.2) is 49.0 Å². The Labute approximate surface area is 166 Å². The molecule has 1 amide bonds. The molecular weight excluding hydrogens is 348 g/mol. The molecule has 0 radical (unpaired) electrons. The standard InChI is InChI=1S/C23H26N4O/c1-16-14-18(8-9-22(16)27-12-10-26(3)11-13-27)25-23(28)20-15-17(2)24-21-7-5-4-6-19(20)21/h4-9,14-15H,10-13H2,1-3H3,(H,25,28). The molecule has 28 heavy (non-hydrogen) atoms. The molecule has 5 heteroatoms. The molecule has 3 aromatic rings. The van der Waals surface area contributed by atoms with E-state index in [9.17, 15) is 4.79 Å². The first-order chi connectivity index (χ1) is 13.5. The SMILES string of the molecule is Cc1cc(C(=O)Nc2ccc(N3CCN(C)CC3)c(C)c2)c2ccccc2n1. The number of nitrogens with zero attached hydrogens (tertiary/aromatic N) is 3. The van der Waals surface area contributed by atoms with Crippen molar-refractivity contribution < 1.29 is 4.79 Å². The number of fused-ring (bicyclic) bond motifs is 1. The Morgan fingerprint density at radius 2 is 1.75 bits per heavy atom. The Morgan fingerprint density at radius 3 is 2.50 bits per heavy atom. The van der Waals surface area contributed by atoms with E-state index in [0.717, 1.165) is 48.5 Å². The first-order valence-corrected chi connectivity index (χ1v) is 9.73. The summed E-state index contributed by atoms with van der Waals surface area (Å²) < 4.78 is 0. The number of hydrogen-bond acceptors (Lipinski definition) is 4. The van der Waals surface area contributed by atoms with Crippen LogP contribution in [0.25, 0.3) is 10.9 Å². The van der Waals surface area contributed by atoms with Crippen molar-refractivity contribution in [1.82, 2.24) is 9.88 Å². The number of nitrogens with one attached hydrogen (secondary N) is 1. The van der Waals surface area contributed by atoms with Gasteiger partial charge < -0.3 is 15.1 Å². The second kappa shape index (κ2) is 7.60. The van der Waals surface area contributed by atoms with Crippen molar-refractivity contribution in [3.8, 4) is 0 Å². The molecule has 1 saturated heterocycles. The van der Waals surface area contributed by atoms with Gasteiger partial charge in [-0.2, -0.15) is 0 Å². The van der Waals surface area contributed by atoms with Crippen LogP contribution in [0.3, 0.4) is 0 Å². The van der Waals surface area contributed by atoms with Gasteiger partial charge in [0.05, 0.1) is 11.1 Å². The maximum Gasteiger partial charge on any atom is 0.256 e. The average molecular weight is 374 g/mol. The fourth-order valence-corrected chi connectivity index (χ4v) is 3.83. The zero-order valence-electron chi connectivity index (χ0n) is 16.7. The summed E-state index contributed by atoms with van der Waals surface area (Å²) in [7, 11) is 2.16. The third-order valence-corrected chi connectivity index (χ3v) is 5.39. The Morgan fingerprint density at radius 1 is 1.00 bits per heavy atom. The minimum absolute atomic E-state index is 0.103. The highest BCUT2D eigenvalue weighted by molar-refractivity contribution is 6.12. The molecule has 1 aliphatic heterocycles. The lowest BCUT2D eigenvalue weighted by molar-refractivity contribution is 0.102. The number of benzene rings is 2. The van der Waals surface area contributed by atoms with E-state index in [1.54, 1.807) is 0 Å². The zero-order valence-corrected chi connectivity index (χ0v) is 16.7. The van der Waals surface area contributed by atoms with Gasteiger partial charge in [0.1, 0.15) is 0 Å². The molecule has 1 aliphatic rings. The zero-order chi connectivity index (χ0) is 19.7. The van der Waals surface area contributed by atoms with Gasteiger partial charge in [-0.15, -0.1) is 0 Å². The predicted molar refractivity (Wildman–Crippen MR) is 115 cm³/mol. The lowest BCUT2D eigenvalue weighted by atomic mass is 10.1. The molecular formula is C23H26N4O. The summed E-state index contributed by atoms with van der Waals surface area (Å²) >= 11 is 0. The van der Waals surface area contributed by atoms with Gasteiger partial charge in [-0.25, -0.2) is 0 Å². The number of hydrogen-bond donors (Lipinski definition) is 1. The summed E-state index contributed by atoms with van der Waals surface area (Å²) in [4.78, 5) is 22.2. The Hall–Kier alpha value is -2.92. The molecule has 2 aromatic carbocycles. The molecule has 1 fully saturated rings. The van der Waals surface area contributed by atoms with Crippen LogP contribution in [0, 0.1) is 13.8 Å². The van der Waals surface area contributed by atoms with Gasteiger partial charge in [0.25, 0.3) is 5.91 Å². The fourth-order valence-electron chi connectivity index (χ4n) is 3.83. The molecule has 5 nitrogen and oxygen atoms in total. The summed E-state index contributed by atoms with van der Waals surface area (Å²) in [6, 6.07) is 15.8. The topological polar surface area (TPSA) is 48.5 Å². The lowest BCUT2D eigenvalue weighted by Crippen LogP contribution is -2.44. The normalized spacial score (nSPS) is 15.0. The number of amides is 1. The molecule has 4 rings (SSSR count). The van der Waals surface area contributed by atoms with Crippen LogP contribution in [0.2, 0.25) is 0 Å². The largest absolute Gasteiger partial charge is 0.369 e. The van der Waals surface area contributed by atoms with Crippen molar-refractivity contribution in [3.63, 3.8) is 0 Å². The lowest BCUT2D eigenvalue weighted by Gasteiger charge is -2.35. The second-order valence-electron chi connectivity index (χ2n) is 7.57.